The number of fused-ring (bicyclic) bond motifs is 1. The molecule has 0 saturated carbocycles. The number of ketones is 1. The first-order valence-electron chi connectivity index (χ1n) is 8.37. The highest BCUT2D eigenvalue weighted by atomic mass is 16.5. The van der Waals surface area contributed by atoms with Crippen LogP contribution in [-0.2, 0) is 19.1 Å². The lowest BCUT2D eigenvalue weighted by atomic mass is 9.98. The Hall–Kier alpha value is -3.20. The molecule has 27 heavy (non-hydrogen) atoms. The van der Waals surface area contributed by atoms with Crippen molar-refractivity contribution in [1.29, 1.82) is 0 Å². The van der Waals surface area contributed by atoms with Gasteiger partial charge in [0.15, 0.2) is 11.5 Å². The first-order valence-corrected chi connectivity index (χ1v) is 8.37. The average molecular weight is 372 g/mol. The zero-order valence-corrected chi connectivity index (χ0v) is 14.9. The number of H-pyrrole nitrogens is 1. The first kappa shape index (κ1) is 18.6. The van der Waals surface area contributed by atoms with Crippen LogP contribution >= 0.6 is 0 Å². The molecule has 1 aliphatic heterocycles. The molecular weight excluding hydrogens is 352 g/mol. The minimum absolute atomic E-state index is 0.157. The summed E-state index contributed by atoms with van der Waals surface area (Å²) >= 11 is 0. The molecule has 0 radical (unpaired) electrons. The molecule has 2 heterocycles. The molecule has 9 nitrogen and oxygen atoms in total. The van der Waals surface area contributed by atoms with Crippen LogP contribution in [-0.4, -0.2) is 51.2 Å². The summed E-state index contributed by atoms with van der Waals surface area (Å²) in [4.78, 5) is 36.5. The first-order chi connectivity index (χ1) is 12.8. The van der Waals surface area contributed by atoms with Crippen molar-refractivity contribution in [2.24, 2.45) is 0 Å². The van der Waals surface area contributed by atoms with E-state index in [1.54, 1.807) is 38.2 Å². The number of hydrogen-bond acceptors (Lipinski definition) is 6. The van der Waals surface area contributed by atoms with Crippen LogP contribution in [0.1, 0.15) is 20.3 Å². The summed E-state index contributed by atoms with van der Waals surface area (Å²) in [6, 6.07) is 3.93. The Morgan fingerprint density at radius 1 is 1.41 bits per heavy atom. The summed E-state index contributed by atoms with van der Waals surface area (Å²) in [6.45, 7) is 2.76. The highest BCUT2D eigenvalue weighted by Crippen LogP contribution is 2.24. The molecule has 142 valence electrons. The van der Waals surface area contributed by atoms with Crippen LogP contribution in [0.25, 0.3) is 10.9 Å². The van der Waals surface area contributed by atoms with E-state index in [1.165, 1.54) is 0 Å². The number of anilines is 1. The van der Waals surface area contributed by atoms with E-state index in [0.717, 1.165) is 17.0 Å². The van der Waals surface area contributed by atoms with E-state index in [-0.39, 0.29) is 18.0 Å². The number of carbonyl (C=O) groups is 3. The number of aliphatic hydroxyl groups is 1. The minimum atomic E-state index is -1.21. The largest absolute Gasteiger partial charge is 0.482 e. The molecule has 0 unspecified atom stereocenters. The molecule has 0 aliphatic carbocycles. The zero-order valence-electron chi connectivity index (χ0n) is 14.9. The summed E-state index contributed by atoms with van der Waals surface area (Å²) < 4.78 is 5.49. The standard InChI is InChI=1S/C18H20N4O5/c1-18(2)7-12(24)6-15(27-18)17(26)21-14(9-23)16(25)20-11-4-3-10-8-19-22-13(10)5-11/h3-6,8,14,23H,7,9H2,1-2H3,(H,19,22)(H,20,25)(H,21,26)/t14-/m0/s1. The van der Waals surface area contributed by atoms with Crippen LogP contribution < -0.4 is 10.6 Å². The van der Waals surface area contributed by atoms with E-state index in [2.05, 4.69) is 20.8 Å². The molecule has 2 aromatic rings. The molecule has 2 amide bonds. The molecular formula is C18H20N4O5. The number of carbonyl (C=O) groups excluding carboxylic acids is 3. The maximum absolute atomic E-state index is 12.4. The number of aromatic amines is 1. The zero-order chi connectivity index (χ0) is 19.6. The van der Waals surface area contributed by atoms with Gasteiger partial charge in [0.1, 0.15) is 11.6 Å². The van der Waals surface area contributed by atoms with Crippen LogP contribution in [0.2, 0.25) is 0 Å². The van der Waals surface area contributed by atoms with Crippen LogP contribution in [0, 0.1) is 0 Å². The number of nitrogens with zero attached hydrogens (tertiary/aromatic N) is 1. The van der Waals surface area contributed by atoms with Crippen LogP contribution in [0.5, 0.6) is 0 Å². The van der Waals surface area contributed by atoms with Gasteiger partial charge in [-0.15, -0.1) is 0 Å². The second-order valence-electron chi connectivity index (χ2n) is 6.88. The third-order valence-corrected chi connectivity index (χ3v) is 4.02. The van der Waals surface area contributed by atoms with Gasteiger partial charge in [0.05, 0.1) is 18.3 Å². The van der Waals surface area contributed by atoms with E-state index in [0.29, 0.717) is 5.69 Å². The highest BCUT2D eigenvalue weighted by molar-refractivity contribution is 6.04. The van der Waals surface area contributed by atoms with Gasteiger partial charge in [-0.05, 0) is 32.0 Å². The smallest absolute Gasteiger partial charge is 0.287 e. The Labute approximate surface area is 154 Å². The van der Waals surface area contributed by atoms with E-state index in [9.17, 15) is 19.5 Å². The molecule has 3 rings (SSSR count). The second kappa shape index (κ2) is 7.20. The highest BCUT2D eigenvalue weighted by Gasteiger charge is 2.33. The number of benzene rings is 1. The van der Waals surface area contributed by atoms with Gasteiger partial charge in [-0.3, -0.25) is 19.5 Å². The van der Waals surface area contributed by atoms with Crippen LogP contribution in [0.3, 0.4) is 0 Å². The summed E-state index contributed by atoms with van der Waals surface area (Å²) in [5, 5.41) is 22.1. The van der Waals surface area contributed by atoms with Crippen molar-refractivity contribution in [3.05, 3.63) is 36.2 Å². The number of aliphatic hydroxyl groups excluding tert-OH is 1. The number of allylic oxidation sites excluding steroid dienone is 1. The predicted molar refractivity (Wildman–Crippen MR) is 96.6 cm³/mol. The SMILES string of the molecule is CC1(C)CC(=O)C=C(C(=O)N[C@@H](CO)C(=O)Nc2ccc3cn[nH]c3c2)O1. The number of hydrogen-bond donors (Lipinski definition) is 4. The number of amides is 2. The molecule has 0 spiro atoms. The molecule has 9 heteroatoms. The van der Waals surface area contributed by atoms with Gasteiger partial charge in [0, 0.05) is 23.6 Å². The van der Waals surface area contributed by atoms with Gasteiger partial charge in [-0.2, -0.15) is 5.10 Å². The topological polar surface area (TPSA) is 133 Å². The van der Waals surface area contributed by atoms with Crippen molar-refractivity contribution in [3.8, 4) is 0 Å². The summed E-state index contributed by atoms with van der Waals surface area (Å²) in [6.07, 6.45) is 2.90. The van der Waals surface area contributed by atoms with Crippen molar-refractivity contribution in [2.45, 2.75) is 31.9 Å². The normalized spacial score (nSPS) is 17.0. The Morgan fingerprint density at radius 3 is 2.89 bits per heavy atom. The van der Waals surface area contributed by atoms with E-state index in [1.807, 2.05) is 0 Å². The predicted octanol–water partition coefficient (Wildman–Crippen LogP) is 0.630. The third-order valence-electron chi connectivity index (χ3n) is 4.02. The van der Waals surface area contributed by atoms with Crippen molar-refractivity contribution < 1.29 is 24.2 Å². The second-order valence-corrected chi connectivity index (χ2v) is 6.88. The van der Waals surface area contributed by atoms with Crippen molar-refractivity contribution in [1.82, 2.24) is 15.5 Å². The summed E-state index contributed by atoms with van der Waals surface area (Å²) in [5.41, 5.74) is 0.405. The van der Waals surface area contributed by atoms with E-state index >= 15 is 0 Å². The number of aromatic nitrogens is 2. The van der Waals surface area contributed by atoms with E-state index in [4.69, 9.17) is 4.74 Å². The van der Waals surface area contributed by atoms with Crippen molar-refractivity contribution >= 4 is 34.2 Å². The summed E-state index contributed by atoms with van der Waals surface area (Å²) in [7, 11) is 0. The molecule has 0 bridgehead atoms. The monoisotopic (exact) mass is 372 g/mol. The van der Waals surface area contributed by atoms with Crippen molar-refractivity contribution in [3.63, 3.8) is 0 Å². The fourth-order valence-electron chi connectivity index (χ4n) is 2.76. The molecule has 0 saturated heterocycles. The lowest BCUT2D eigenvalue weighted by Crippen LogP contribution is -2.48. The number of ether oxygens (including phenoxy) is 1. The van der Waals surface area contributed by atoms with Gasteiger partial charge in [-0.25, -0.2) is 0 Å². The molecule has 0 fully saturated rings. The average Bonchev–Trinajstić information content (AvgIpc) is 3.05. The lowest BCUT2D eigenvalue weighted by Gasteiger charge is -2.30. The molecule has 1 aliphatic rings. The fourth-order valence-corrected chi connectivity index (χ4v) is 2.76. The quantitative estimate of drug-likeness (QED) is 0.608. The van der Waals surface area contributed by atoms with Crippen LogP contribution in [0.15, 0.2) is 36.2 Å². The Morgan fingerprint density at radius 2 is 2.19 bits per heavy atom. The Balaban J connectivity index is 1.67. The molecule has 1 aromatic heterocycles. The maximum atomic E-state index is 12.4. The number of nitrogens with one attached hydrogen (secondary N) is 3. The van der Waals surface area contributed by atoms with Gasteiger partial charge in [0.2, 0.25) is 5.91 Å². The molecule has 1 aromatic carbocycles. The Kier molecular flexibility index (Phi) is 4.95. The van der Waals surface area contributed by atoms with Crippen molar-refractivity contribution in [2.75, 3.05) is 11.9 Å². The van der Waals surface area contributed by atoms with E-state index < -0.39 is 30.1 Å². The molecule has 4 N–H and O–H groups in total. The van der Waals surface area contributed by atoms with Crippen LogP contribution in [0.4, 0.5) is 5.69 Å². The number of rotatable bonds is 5. The third kappa shape index (κ3) is 4.32. The maximum Gasteiger partial charge on any atom is 0.287 e. The Bertz CT molecular complexity index is 931. The summed E-state index contributed by atoms with van der Waals surface area (Å²) in [5.74, 6) is -1.77. The lowest BCUT2D eigenvalue weighted by molar-refractivity contribution is -0.133. The molecule has 1 atom stereocenters. The van der Waals surface area contributed by atoms with Gasteiger partial charge in [0.25, 0.3) is 5.91 Å². The minimum Gasteiger partial charge on any atom is -0.482 e. The van der Waals surface area contributed by atoms with Gasteiger partial charge >= 0.3 is 0 Å². The van der Waals surface area contributed by atoms with Gasteiger partial charge in [-0.1, -0.05) is 0 Å². The fraction of sp³-hybridized carbons (Fsp3) is 0.333. The van der Waals surface area contributed by atoms with Gasteiger partial charge < -0.3 is 20.5 Å².